The van der Waals surface area contributed by atoms with Crippen molar-refractivity contribution in [1.29, 1.82) is 0 Å². The van der Waals surface area contributed by atoms with Gasteiger partial charge in [-0.2, -0.15) is 0 Å². The predicted molar refractivity (Wildman–Crippen MR) is 77.9 cm³/mol. The number of carbonyl (C=O) groups excluding carboxylic acids is 1. The number of amides is 1. The highest BCUT2D eigenvalue weighted by atomic mass is 16.5. The average Bonchev–Trinajstić information content (AvgIpc) is 2.42. The first-order chi connectivity index (χ1) is 9.82. The van der Waals surface area contributed by atoms with Crippen LogP contribution in [0.25, 0.3) is 6.08 Å². The summed E-state index contributed by atoms with van der Waals surface area (Å²) in [7, 11) is 1.57. The van der Waals surface area contributed by atoms with Crippen LogP contribution < -0.4 is 10.1 Å². The Balaban J connectivity index is 2.49. The van der Waals surface area contributed by atoms with Crippen LogP contribution in [0.5, 0.6) is 5.75 Å². The molecule has 114 valence electrons. The quantitative estimate of drug-likeness (QED) is 0.653. The van der Waals surface area contributed by atoms with Crippen LogP contribution in [0.15, 0.2) is 30.3 Å². The standard InChI is InChI=1S/C15H19NO5/c1-15(20,9-14(18)19)10-16-13(17)8-5-11-3-6-12(21-2)7-4-11/h3-8,20H,9-10H2,1-2H3,(H,16,17)(H,18,19). The molecule has 0 bridgehead atoms. The molecule has 1 rings (SSSR count). The summed E-state index contributed by atoms with van der Waals surface area (Å²) >= 11 is 0. The van der Waals surface area contributed by atoms with Crippen LogP contribution in [0.1, 0.15) is 18.9 Å². The molecule has 1 amide bonds. The van der Waals surface area contributed by atoms with Crippen LogP contribution in [0.4, 0.5) is 0 Å². The van der Waals surface area contributed by atoms with Crippen molar-refractivity contribution in [2.75, 3.05) is 13.7 Å². The Morgan fingerprint density at radius 2 is 1.95 bits per heavy atom. The zero-order valence-electron chi connectivity index (χ0n) is 12.0. The maximum absolute atomic E-state index is 11.6. The molecule has 1 aromatic carbocycles. The van der Waals surface area contributed by atoms with Gasteiger partial charge in [0.05, 0.1) is 19.1 Å². The van der Waals surface area contributed by atoms with Gasteiger partial charge < -0.3 is 20.3 Å². The number of hydrogen-bond acceptors (Lipinski definition) is 4. The predicted octanol–water partition coefficient (Wildman–Crippen LogP) is 1.05. The summed E-state index contributed by atoms with van der Waals surface area (Å²) in [5.74, 6) is -0.805. The SMILES string of the molecule is COc1ccc(C=CC(=O)NCC(C)(O)CC(=O)O)cc1. The van der Waals surface area contributed by atoms with Gasteiger partial charge in [0.25, 0.3) is 0 Å². The van der Waals surface area contributed by atoms with Crippen LogP contribution >= 0.6 is 0 Å². The van der Waals surface area contributed by atoms with Crippen LogP contribution in [0.2, 0.25) is 0 Å². The molecule has 1 aromatic rings. The minimum Gasteiger partial charge on any atom is -0.497 e. The minimum atomic E-state index is -1.48. The van der Waals surface area contributed by atoms with Crippen molar-refractivity contribution in [2.24, 2.45) is 0 Å². The summed E-state index contributed by atoms with van der Waals surface area (Å²) in [5.41, 5.74) is -0.654. The number of aliphatic hydroxyl groups is 1. The molecule has 0 heterocycles. The van der Waals surface area contributed by atoms with Gasteiger partial charge >= 0.3 is 5.97 Å². The number of benzene rings is 1. The molecule has 21 heavy (non-hydrogen) atoms. The highest BCUT2D eigenvalue weighted by molar-refractivity contribution is 5.91. The number of ether oxygens (including phenoxy) is 1. The van der Waals surface area contributed by atoms with Crippen molar-refractivity contribution in [1.82, 2.24) is 5.32 Å². The van der Waals surface area contributed by atoms with E-state index in [1.165, 1.54) is 13.0 Å². The zero-order chi connectivity index (χ0) is 15.9. The second-order valence-electron chi connectivity index (χ2n) is 4.89. The maximum atomic E-state index is 11.6. The molecule has 0 spiro atoms. The number of rotatable bonds is 7. The molecule has 0 radical (unpaired) electrons. The molecule has 3 N–H and O–H groups in total. The van der Waals surface area contributed by atoms with Crippen molar-refractivity contribution in [3.63, 3.8) is 0 Å². The van der Waals surface area contributed by atoms with E-state index in [-0.39, 0.29) is 6.54 Å². The van der Waals surface area contributed by atoms with Crippen LogP contribution in [-0.2, 0) is 9.59 Å². The van der Waals surface area contributed by atoms with E-state index in [4.69, 9.17) is 9.84 Å². The fraction of sp³-hybridized carbons (Fsp3) is 0.333. The monoisotopic (exact) mass is 293 g/mol. The van der Waals surface area contributed by atoms with E-state index >= 15 is 0 Å². The topological polar surface area (TPSA) is 95.9 Å². The molecule has 0 saturated carbocycles. The maximum Gasteiger partial charge on any atom is 0.306 e. The Hall–Kier alpha value is -2.34. The number of aliphatic carboxylic acids is 1. The van der Waals surface area contributed by atoms with E-state index in [2.05, 4.69) is 5.32 Å². The number of carbonyl (C=O) groups is 2. The molecular weight excluding hydrogens is 274 g/mol. The second kappa shape index (κ2) is 7.44. The van der Waals surface area contributed by atoms with Gasteiger partial charge in [0.15, 0.2) is 0 Å². The van der Waals surface area contributed by atoms with E-state index in [0.29, 0.717) is 0 Å². The number of carboxylic acids is 1. The van der Waals surface area contributed by atoms with Gasteiger partial charge in [0.2, 0.25) is 5.91 Å². The largest absolute Gasteiger partial charge is 0.497 e. The van der Waals surface area contributed by atoms with Gasteiger partial charge in [-0.25, -0.2) is 0 Å². The third kappa shape index (κ3) is 6.58. The van der Waals surface area contributed by atoms with Gasteiger partial charge in [-0.3, -0.25) is 9.59 Å². The first-order valence-corrected chi connectivity index (χ1v) is 6.36. The van der Waals surface area contributed by atoms with Gasteiger partial charge in [0, 0.05) is 12.6 Å². The summed E-state index contributed by atoms with van der Waals surface area (Å²) in [6.07, 6.45) is 2.49. The van der Waals surface area contributed by atoms with Crippen molar-refractivity contribution in [3.8, 4) is 5.75 Å². The smallest absolute Gasteiger partial charge is 0.306 e. The van der Waals surface area contributed by atoms with Crippen LogP contribution in [0.3, 0.4) is 0 Å². The normalized spacial score (nSPS) is 13.7. The Kier molecular flexibility index (Phi) is 5.92. The molecule has 0 aromatic heterocycles. The fourth-order valence-electron chi connectivity index (χ4n) is 1.61. The van der Waals surface area contributed by atoms with Crippen molar-refractivity contribution < 1.29 is 24.5 Å². The Morgan fingerprint density at radius 1 is 1.33 bits per heavy atom. The first kappa shape index (κ1) is 16.7. The van der Waals surface area contributed by atoms with Crippen LogP contribution in [0, 0.1) is 0 Å². The van der Waals surface area contributed by atoms with Crippen molar-refractivity contribution in [3.05, 3.63) is 35.9 Å². The first-order valence-electron chi connectivity index (χ1n) is 6.36. The lowest BCUT2D eigenvalue weighted by Crippen LogP contribution is -2.41. The van der Waals surface area contributed by atoms with E-state index in [1.807, 2.05) is 0 Å². The molecule has 0 aliphatic carbocycles. The van der Waals surface area contributed by atoms with Crippen molar-refractivity contribution >= 4 is 18.0 Å². The molecule has 0 aliphatic heterocycles. The van der Waals surface area contributed by atoms with E-state index in [0.717, 1.165) is 11.3 Å². The zero-order valence-corrected chi connectivity index (χ0v) is 12.0. The molecule has 6 nitrogen and oxygen atoms in total. The highest BCUT2D eigenvalue weighted by Gasteiger charge is 2.24. The lowest BCUT2D eigenvalue weighted by Gasteiger charge is -2.20. The fourth-order valence-corrected chi connectivity index (χ4v) is 1.61. The van der Waals surface area contributed by atoms with Gasteiger partial charge in [-0.15, -0.1) is 0 Å². The van der Waals surface area contributed by atoms with Gasteiger partial charge in [0.1, 0.15) is 5.75 Å². The number of nitrogens with one attached hydrogen (secondary N) is 1. The summed E-state index contributed by atoms with van der Waals surface area (Å²) in [6.45, 7) is 1.22. The van der Waals surface area contributed by atoms with E-state index < -0.39 is 23.9 Å². The summed E-state index contributed by atoms with van der Waals surface area (Å²) < 4.78 is 5.02. The average molecular weight is 293 g/mol. The summed E-state index contributed by atoms with van der Waals surface area (Å²) in [5, 5.41) is 20.8. The molecule has 1 unspecified atom stereocenters. The summed E-state index contributed by atoms with van der Waals surface area (Å²) in [4.78, 5) is 22.1. The Bertz CT molecular complexity index is 519. The third-order valence-corrected chi connectivity index (χ3v) is 2.72. The molecule has 0 saturated heterocycles. The number of methoxy groups -OCH3 is 1. The van der Waals surface area contributed by atoms with Gasteiger partial charge in [-0.05, 0) is 30.7 Å². The van der Waals surface area contributed by atoms with Crippen molar-refractivity contribution in [2.45, 2.75) is 18.9 Å². The third-order valence-electron chi connectivity index (χ3n) is 2.72. The van der Waals surface area contributed by atoms with Crippen LogP contribution in [-0.4, -0.2) is 41.3 Å². The number of carboxylic acid groups (broad SMARTS) is 1. The minimum absolute atomic E-state index is 0.134. The molecule has 1 atom stereocenters. The molecule has 6 heteroatoms. The molecule has 0 fully saturated rings. The highest BCUT2D eigenvalue weighted by Crippen LogP contribution is 2.12. The molecular formula is C15H19NO5. The lowest BCUT2D eigenvalue weighted by atomic mass is 10.0. The number of hydrogen-bond donors (Lipinski definition) is 3. The lowest BCUT2D eigenvalue weighted by molar-refractivity contribution is -0.142. The summed E-state index contributed by atoms with van der Waals surface area (Å²) in [6, 6.07) is 7.14. The van der Waals surface area contributed by atoms with E-state index in [9.17, 15) is 14.7 Å². The Morgan fingerprint density at radius 3 is 2.48 bits per heavy atom. The van der Waals surface area contributed by atoms with Gasteiger partial charge in [-0.1, -0.05) is 12.1 Å². The molecule has 0 aliphatic rings. The second-order valence-corrected chi connectivity index (χ2v) is 4.89. The Labute approximate surface area is 123 Å². The van der Waals surface area contributed by atoms with E-state index in [1.54, 1.807) is 37.5 Å².